The number of rotatable bonds is 3. The van der Waals surface area contributed by atoms with Gasteiger partial charge in [-0.3, -0.25) is 9.59 Å². The van der Waals surface area contributed by atoms with Crippen molar-refractivity contribution in [3.8, 4) is 0 Å². The molecule has 0 aromatic carbocycles. The minimum absolute atomic E-state index is 0.258. The number of nitrogens with one attached hydrogen (secondary N) is 1. The topological polar surface area (TPSA) is 49.4 Å². The predicted octanol–water partition coefficient (Wildman–Crippen LogP) is 1.30. The van der Waals surface area contributed by atoms with Gasteiger partial charge in [0.25, 0.3) is 0 Å². The van der Waals surface area contributed by atoms with E-state index in [9.17, 15) is 9.59 Å². The van der Waals surface area contributed by atoms with Crippen LogP contribution in [0.1, 0.15) is 46.0 Å². The van der Waals surface area contributed by atoms with Crippen LogP contribution in [-0.2, 0) is 9.59 Å². The van der Waals surface area contributed by atoms with Crippen LogP contribution in [0.3, 0.4) is 0 Å². The highest BCUT2D eigenvalue weighted by Gasteiger charge is 2.29. The molecular formula is C12H22N2O2. The van der Waals surface area contributed by atoms with Gasteiger partial charge in [0.2, 0.25) is 0 Å². The minimum atomic E-state index is -0.442. The highest BCUT2D eigenvalue weighted by molar-refractivity contribution is 6.35. The van der Waals surface area contributed by atoms with Gasteiger partial charge in [0.15, 0.2) is 0 Å². The van der Waals surface area contributed by atoms with Gasteiger partial charge in [0.05, 0.1) is 0 Å². The largest absolute Gasteiger partial charge is 0.348 e. The number of amides is 2. The molecule has 0 aromatic heterocycles. The zero-order valence-corrected chi connectivity index (χ0v) is 10.3. The molecule has 0 aliphatic carbocycles. The summed E-state index contributed by atoms with van der Waals surface area (Å²) < 4.78 is 0. The highest BCUT2D eigenvalue weighted by Crippen LogP contribution is 2.19. The third-order valence-corrected chi connectivity index (χ3v) is 3.09. The molecule has 16 heavy (non-hydrogen) atoms. The Morgan fingerprint density at radius 1 is 1.31 bits per heavy atom. The molecule has 0 spiro atoms. The summed E-state index contributed by atoms with van der Waals surface area (Å²) >= 11 is 0. The molecule has 1 N–H and O–H groups in total. The van der Waals surface area contributed by atoms with Crippen LogP contribution in [0.4, 0.5) is 0 Å². The minimum Gasteiger partial charge on any atom is -0.348 e. The smallest absolute Gasteiger partial charge is 0.312 e. The Bertz CT molecular complexity index is 253. The Labute approximate surface area is 97.4 Å². The van der Waals surface area contributed by atoms with Crippen LogP contribution in [0.25, 0.3) is 0 Å². The fraction of sp³-hybridized carbons (Fsp3) is 0.833. The van der Waals surface area contributed by atoms with Crippen molar-refractivity contribution in [2.24, 2.45) is 0 Å². The molecule has 1 atom stereocenters. The summed E-state index contributed by atoms with van der Waals surface area (Å²) in [5, 5.41) is 2.64. The standard InChI is InChI=1S/C12H22N2O2/c1-3-8-13-11(15)12(16)14-9-6-5-7-10(14)4-2/h10H,3-9H2,1-2H3,(H,13,15). The molecule has 1 heterocycles. The van der Waals surface area contributed by atoms with E-state index in [0.29, 0.717) is 6.54 Å². The first-order valence-electron chi connectivity index (χ1n) is 6.29. The molecule has 1 unspecified atom stereocenters. The maximum absolute atomic E-state index is 11.9. The van der Waals surface area contributed by atoms with E-state index in [4.69, 9.17) is 0 Å². The van der Waals surface area contributed by atoms with Gasteiger partial charge in [-0.2, -0.15) is 0 Å². The monoisotopic (exact) mass is 226 g/mol. The third kappa shape index (κ3) is 3.22. The maximum atomic E-state index is 11.9. The van der Waals surface area contributed by atoms with Crippen molar-refractivity contribution in [1.82, 2.24) is 10.2 Å². The van der Waals surface area contributed by atoms with E-state index in [1.54, 1.807) is 4.90 Å². The second kappa shape index (κ2) is 6.51. The molecular weight excluding hydrogens is 204 g/mol. The van der Waals surface area contributed by atoms with Crippen LogP contribution < -0.4 is 5.32 Å². The van der Waals surface area contributed by atoms with Crippen LogP contribution in [0, 0.1) is 0 Å². The van der Waals surface area contributed by atoms with E-state index in [1.807, 2.05) is 6.92 Å². The average molecular weight is 226 g/mol. The summed E-state index contributed by atoms with van der Waals surface area (Å²) in [4.78, 5) is 25.2. The Morgan fingerprint density at radius 2 is 2.06 bits per heavy atom. The second-order valence-electron chi connectivity index (χ2n) is 4.31. The zero-order chi connectivity index (χ0) is 12.0. The fourth-order valence-electron chi connectivity index (χ4n) is 2.14. The molecule has 1 aliphatic heterocycles. The molecule has 0 aromatic rings. The lowest BCUT2D eigenvalue weighted by Gasteiger charge is -2.34. The summed E-state index contributed by atoms with van der Waals surface area (Å²) in [5.41, 5.74) is 0. The molecule has 4 heteroatoms. The number of piperidine rings is 1. The van der Waals surface area contributed by atoms with Crippen LogP contribution in [0.15, 0.2) is 0 Å². The molecule has 0 saturated carbocycles. The van der Waals surface area contributed by atoms with Crippen LogP contribution in [0.2, 0.25) is 0 Å². The van der Waals surface area contributed by atoms with E-state index in [0.717, 1.165) is 32.2 Å². The van der Waals surface area contributed by atoms with E-state index < -0.39 is 5.91 Å². The summed E-state index contributed by atoms with van der Waals surface area (Å²) in [7, 11) is 0. The number of likely N-dealkylation sites (tertiary alicyclic amines) is 1. The van der Waals surface area contributed by atoms with Crippen molar-refractivity contribution >= 4 is 11.8 Å². The lowest BCUT2D eigenvalue weighted by molar-refractivity contribution is -0.148. The van der Waals surface area contributed by atoms with Gasteiger partial charge in [-0.25, -0.2) is 0 Å². The second-order valence-corrected chi connectivity index (χ2v) is 4.31. The quantitative estimate of drug-likeness (QED) is 0.737. The van der Waals surface area contributed by atoms with Crippen molar-refractivity contribution in [3.05, 3.63) is 0 Å². The van der Waals surface area contributed by atoms with E-state index >= 15 is 0 Å². The Kier molecular flexibility index (Phi) is 5.29. The van der Waals surface area contributed by atoms with Crippen LogP contribution in [0.5, 0.6) is 0 Å². The summed E-state index contributed by atoms with van der Waals surface area (Å²) in [5.74, 6) is -0.790. The van der Waals surface area contributed by atoms with Gasteiger partial charge in [0, 0.05) is 19.1 Å². The van der Waals surface area contributed by atoms with E-state index in [2.05, 4.69) is 12.2 Å². The molecule has 1 aliphatic rings. The SMILES string of the molecule is CCCNC(=O)C(=O)N1CCCCC1CC. The zero-order valence-electron chi connectivity index (χ0n) is 10.3. The van der Waals surface area contributed by atoms with Crippen molar-refractivity contribution < 1.29 is 9.59 Å². The Balaban J connectivity index is 2.53. The van der Waals surface area contributed by atoms with Gasteiger partial charge in [0.1, 0.15) is 0 Å². The van der Waals surface area contributed by atoms with E-state index in [1.165, 1.54) is 6.42 Å². The van der Waals surface area contributed by atoms with Gasteiger partial charge >= 0.3 is 11.8 Å². The molecule has 1 saturated heterocycles. The van der Waals surface area contributed by atoms with Gasteiger partial charge < -0.3 is 10.2 Å². The van der Waals surface area contributed by atoms with Crippen molar-refractivity contribution in [1.29, 1.82) is 0 Å². The molecule has 2 amide bonds. The van der Waals surface area contributed by atoms with Crippen LogP contribution >= 0.6 is 0 Å². The first-order valence-corrected chi connectivity index (χ1v) is 6.29. The fourth-order valence-corrected chi connectivity index (χ4v) is 2.14. The summed E-state index contributed by atoms with van der Waals surface area (Å²) in [6.07, 6.45) is 5.01. The van der Waals surface area contributed by atoms with Gasteiger partial charge in [-0.15, -0.1) is 0 Å². The average Bonchev–Trinajstić information content (AvgIpc) is 2.34. The summed E-state index contributed by atoms with van der Waals surface area (Å²) in [6.45, 7) is 5.35. The molecule has 1 fully saturated rings. The number of hydrogen-bond acceptors (Lipinski definition) is 2. The summed E-state index contributed by atoms with van der Waals surface area (Å²) in [6, 6.07) is 0.258. The Morgan fingerprint density at radius 3 is 2.69 bits per heavy atom. The van der Waals surface area contributed by atoms with Gasteiger partial charge in [-0.05, 0) is 32.1 Å². The number of carbonyl (C=O) groups is 2. The number of nitrogens with zero attached hydrogens (tertiary/aromatic N) is 1. The first-order chi connectivity index (χ1) is 7.70. The lowest BCUT2D eigenvalue weighted by Crippen LogP contribution is -2.49. The molecule has 4 nitrogen and oxygen atoms in total. The number of carbonyl (C=O) groups excluding carboxylic acids is 2. The molecule has 0 radical (unpaired) electrons. The molecule has 0 bridgehead atoms. The van der Waals surface area contributed by atoms with Crippen molar-refractivity contribution in [2.45, 2.75) is 52.0 Å². The third-order valence-electron chi connectivity index (χ3n) is 3.09. The maximum Gasteiger partial charge on any atom is 0.312 e. The van der Waals surface area contributed by atoms with Crippen molar-refractivity contribution in [3.63, 3.8) is 0 Å². The van der Waals surface area contributed by atoms with Crippen molar-refractivity contribution in [2.75, 3.05) is 13.1 Å². The highest BCUT2D eigenvalue weighted by atomic mass is 16.2. The van der Waals surface area contributed by atoms with Gasteiger partial charge in [-0.1, -0.05) is 13.8 Å². The lowest BCUT2D eigenvalue weighted by atomic mass is 10.00. The Hall–Kier alpha value is -1.06. The normalized spacial score (nSPS) is 20.6. The molecule has 92 valence electrons. The first kappa shape index (κ1) is 13.0. The molecule has 1 rings (SSSR count). The predicted molar refractivity (Wildman–Crippen MR) is 62.9 cm³/mol. The van der Waals surface area contributed by atoms with Crippen LogP contribution in [-0.4, -0.2) is 35.8 Å². The number of hydrogen-bond donors (Lipinski definition) is 1. The van der Waals surface area contributed by atoms with E-state index in [-0.39, 0.29) is 11.9 Å².